The van der Waals surface area contributed by atoms with Crippen LogP contribution in [0, 0.1) is 5.92 Å². The Bertz CT molecular complexity index is 662. The highest BCUT2D eigenvalue weighted by molar-refractivity contribution is 5.96. The number of carbonyl (C=O) groups is 1. The van der Waals surface area contributed by atoms with E-state index in [2.05, 4.69) is 20.2 Å². The average molecular weight is 374 g/mol. The molecular weight excluding hydrogens is 342 g/mol. The Morgan fingerprint density at radius 2 is 1.93 bits per heavy atom. The Balaban J connectivity index is 1.36. The van der Waals surface area contributed by atoms with Crippen LogP contribution in [0.4, 0.5) is 5.95 Å². The van der Waals surface area contributed by atoms with Crippen LogP contribution in [0.15, 0.2) is 6.20 Å². The minimum Gasteiger partial charge on any atom is -0.480 e. The van der Waals surface area contributed by atoms with Crippen molar-refractivity contribution in [2.75, 3.05) is 19.4 Å². The highest BCUT2D eigenvalue weighted by atomic mass is 16.5. The molecule has 0 spiro atoms. The number of ether oxygens (including phenoxy) is 1. The van der Waals surface area contributed by atoms with E-state index in [0.29, 0.717) is 17.6 Å². The fourth-order valence-corrected chi connectivity index (χ4v) is 5.31. The molecule has 0 radical (unpaired) electrons. The smallest absolute Gasteiger partial charge is 0.258 e. The van der Waals surface area contributed by atoms with E-state index in [1.807, 2.05) is 0 Å². The van der Waals surface area contributed by atoms with Gasteiger partial charge in [-0.25, -0.2) is 4.98 Å². The third-order valence-corrected chi connectivity index (χ3v) is 6.62. The number of methoxy groups -OCH3 is 1. The van der Waals surface area contributed by atoms with Crippen molar-refractivity contribution in [2.24, 2.45) is 5.92 Å². The highest BCUT2D eigenvalue weighted by Crippen LogP contribution is 2.38. The number of rotatable bonds is 5. The number of nitrogen functional groups attached to an aromatic ring is 1. The maximum atomic E-state index is 12.7. The van der Waals surface area contributed by atoms with Crippen molar-refractivity contribution in [3.8, 4) is 5.88 Å². The van der Waals surface area contributed by atoms with E-state index in [9.17, 15) is 4.79 Å². The number of nitrogens with one attached hydrogen (secondary N) is 1. The molecule has 1 amide bonds. The minimum absolute atomic E-state index is 0.109. The van der Waals surface area contributed by atoms with Crippen LogP contribution in [-0.2, 0) is 0 Å². The Labute approximate surface area is 161 Å². The summed E-state index contributed by atoms with van der Waals surface area (Å²) in [6, 6.07) is 1.43. The molecule has 7 heteroatoms. The molecule has 1 aromatic rings. The summed E-state index contributed by atoms with van der Waals surface area (Å²) in [5.74, 6) is 1.05. The Morgan fingerprint density at radius 1 is 1.22 bits per heavy atom. The van der Waals surface area contributed by atoms with Gasteiger partial charge < -0.3 is 15.8 Å². The lowest BCUT2D eigenvalue weighted by Gasteiger charge is -2.41. The third-order valence-electron chi connectivity index (χ3n) is 6.62. The van der Waals surface area contributed by atoms with Gasteiger partial charge in [0.2, 0.25) is 11.8 Å². The lowest BCUT2D eigenvalue weighted by molar-refractivity contribution is 0.0759. The van der Waals surface area contributed by atoms with Crippen LogP contribution in [0.3, 0.4) is 0 Å². The van der Waals surface area contributed by atoms with Gasteiger partial charge in [-0.05, 0) is 44.4 Å². The maximum absolute atomic E-state index is 12.7. The lowest BCUT2D eigenvalue weighted by atomic mass is 9.87. The van der Waals surface area contributed by atoms with Gasteiger partial charge in [-0.1, -0.05) is 19.3 Å². The number of nitrogens with two attached hydrogens (primary N) is 1. The maximum Gasteiger partial charge on any atom is 0.258 e. The zero-order valence-electron chi connectivity index (χ0n) is 16.2. The molecule has 2 saturated heterocycles. The van der Waals surface area contributed by atoms with Crippen molar-refractivity contribution in [3.05, 3.63) is 11.8 Å². The van der Waals surface area contributed by atoms with Gasteiger partial charge >= 0.3 is 0 Å². The molecule has 148 valence electrons. The molecule has 2 aliphatic heterocycles. The second-order valence-electron chi connectivity index (χ2n) is 8.38. The third kappa shape index (κ3) is 4.03. The Morgan fingerprint density at radius 3 is 2.59 bits per heavy atom. The number of carbonyl (C=O) groups excluding carboxylic acids is 1. The first kappa shape index (κ1) is 18.5. The average Bonchev–Trinajstić information content (AvgIpc) is 2.90. The second kappa shape index (κ2) is 8.00. The molecule has 1 aromatic heterocycles. The van der Waals surface area contributed by atoms with Gasteiger partial charge in [-0.2, -0.15) is 4.98 Å². The molecular formula is C20H31N5O2. The number of nitrogens with zero attached hydrogens (tertiary/aromatic N) is 3. The van der Waals surface area contributed by atoms with Crippen molar-refractivity contribution in [2.45, 2.75) is 75.9 Å². The zero-order chi connectivity index (χ0) is 18.8. The fourth-order valence-electron chi connectivity index (χ4n) is 5.31. The first-order valence-corrected chi connectivity index (χ1v) is 10.4. The summed E-state index contributed by atoms with van der Waals surface area (Å²) in [4.78, 5) is 23.4. The number of hydrogen-bond donors (Lipinski definition) is 2. The summed E-state index contributed by atoms with van der Waals surface area (Å²) in [6.45, 7) is 1.26. The van der Waals surface area contributed by atoms with E-state index in [4.69, 9.17) is 10.5 Å². The van der Waals surface area contributed by atoms with Gasteiger partial charge in [-0.15, -0.1) is 0 Å². The number of hydrogen-bond acceptors (Lipinski definition) is 6. The van der Waals surface area contributed by atoms with Crippen LogP contribution < -0.4 is 15.8 Å². The lowest BCUT2D eigenvalue weighted by Crippen LogP contribution is -2.51. The molecule has 4 rings (SSSR count). The fraction of sp³-hybridized carbons (Fsp3) is 0.750. The molecule has 1 aliphatic carbocycles. The number of amides is 1. The molecule has 7 nitrogen and oxygen atoms in total. The number of anilines is 1. The monoisotopic (exact) mass is 373 g/mol. The topological polar surface area (TPSA) is 93.4 Å². The van der Waals surface area contributed by atoms with Crippen molar-refractivity contribution < 1.29 is 9.53 Å². The van der Waals surface area contributed by atoms with Gasteiger partial charge in [0.15, 0.2) is 0 Å². The molecule has 1 saturated carbocycles. The number of piperidine rings is 1. The van der Waals surface area contributed by atoms with Gasteiger partial charge in [0.1, 0.15) is 5.56 Å². The van der Waals surface area contributed by atoms with Gasteiger partial charge in [0, 0.05) is 30.9 Å². The van der Waals surface area contributed by atoms with E-state index >= 15 is 0 Å². The highest BCUT2D eigenvalue weighted by Gasteiger charge is 2.41. The molecule has 2 bridgehead atoms. The Hall–Kier alpha value is -1.89. The summed E-state index contributed by atoms with van der Waals surface area (Å²) in [6.07, 6.45) is 13.0. The van der Waals surface area contributed by atoms with E-state index in [1.165, 1.54) is 64.8 Å². The largest absolute Gasteiger partial charge is 0.480 e. The van der Waals surface area contributed by atoms with Crippen molar-refractivity contribution in [1.29, 1.82) is 0 Å². The predicted molar refractivity (Wildman–Crippen MR) is 104 cm³/mol. The molecule has 3 N–H and O–H groups in total. The van der Waals surface area contributed by atoms with Crippen molar-refractivity contribution >= 4 is 11.9 Å². The SMILES string of the molecule is COc1nc(N)ncc1C(=O)NC1C[C@H]2CC[C@@H](C1)N2CC1CCCCC1. The molecule has 0 aromatic carbocycles. The molecule has 27 heavy (non-hydrogen) atoms. The predicted octanol–water partition coefficient (Wildman–Crippen LogP) is 2.37. The summed E-state index contributed by atoms with van der Waals surface area (Å²) in [7, 11) is 1.49. The molecule has 3 aliphatic rings. The van der Waals surface area contributed by atoms with Crippen LogP contribution in [-0.4, -0.2) is 52.6 Å². The second-order valence-corrected chi connectivity index (χ2v) is 8.38. The Kier molecular flexibility index (Phi) is 5.48. The van der Waals surface area contributed by atoms with Crippen LogP contribution in [0.25, 0.3) is 0 Å². The zero-order valence-corrected chi connectivity index (χ0v) is 16.2. The summed E-state index contributed by atoms with van der Waals surface area (Å²) in [5, 5.41) is 3.19. The van der Waals surface area contributed by atoms with Crippen LogP contribution >= 0.6 is 0 Å². The quantitative estimate of drug-likeness (QED) is 0.823. The van der Waals surface area contributed by atoms with E-state index in [0.717, 1.165) is 18.8 Å². The molecule has 3 fully saturated rings. The first-order chi connectivity index (χ1) is 13.1. The normalized spacial score (nSPS) is 28.9. The van der Waals surface area contributed by atoms with Crippen LogP contribution in [0.5, 0.6) is 5.88 Å². The van der Waals surface area contributed by atoms with E-state index in [1.54, 1.807) is 0 Å². The van der Waals surface area contributed by atoms with E-state index in [-0.39, 0.29) is 23.8 Å². The molecule has 1 unspecified atom stereocenters. The van der Waals surface area contributed by atoms with Gasteiger partial charge in [-0.3, -0.25) is 9.69 Å². The minimum atomic E-state index is -0.169. The van der Waals surface area contributed by atoms with Crippen LogP contribution in [0.2, 0.25) is 0 Å². The standard InChI is InChI=1S/C20H31N5O2/c1-27-19-17(11-22-20(21)24-19)18(26)23-14-9-15-7-8-16(10-14)25(15)12-13-5-3-2-4-6-13/h11,13-16H,2-10,12H2,1H3,(H,23,26)(H2,21,22,24)/t14?,15-,16+. The van der Waals surface area contributed by atoms with Crippen LogP contribution in [0.1, 0.15) is 68.1 Å². The van der Waals surface area contributed by atoms with Gasteiger partial charge in [0.25, 0.3) is 5.91 Å². The molecule has 3 heterocycles. The first-order valence-electron chi connectivity index (χ1n) is 10.4. The van der Waals surface area contributed by atoms with Gasteiger partial charge in [0.05, 0.1) is 7.11 Å². The number of fused-ring (bicyclic) bond motifs is 2. The van der Waals surface area contributed by atoms with E-state index < -0.39 is 0 Å². The molecule has 3 atom stereocenters. The summed E-state index contributed by atoms with van der Waals surface area (Å²) < 4.78 is 5.19. The van der Waals surface area contributed by atoms with Crippen molar-refractivity contribution in [3.63, 3.8) is 0 Å². The number of aromatic nitrogens is 2. The summed E-state index contributed by atoms with van der Waals surface area (Å²) >= 11 is 0. The van der Waals surface area contributed by atoms with Crippen molar-refractivity contribution in [1.82, 2.24) is 20.2 Å². The summed E-state index contributed by atoms with van der Waals surface area (Å²) in [5.41, 5.74) is 5.94.